The first-order valence-corrected chi connectivity index (χ1v) is 9.12. The summed E-state index contributed by atoms with van der Waals surface area (Å²) in [6.07, 6.45) is 2.29. The Labute approximate surface area is 157 Å². The molecule has 2 aromatic rings. The van der Waals surface area contributed by atoms with E-state index in [1.165, 1.54) is 7.11 Å². The molecular weight excluding hydrogens is 348 g/mol. The maximum atomic E-state index is 13.2. The van der Waals surface area contributed by atoms with Crippen molar-refractivity contribution in [3.8, 4) is 0 Å². The zero-order chi connectivity index (χ0) is 19.4. The molecule has 0 saturated heterocycles. The molecule has 1 aromatic carbocycles. The van der Waals surface area contributed by atoms with Crippen molar-refractivity contribution >= 4 is 22.9 Å². The lowest BCUT2D eigenvalue weighted by atomic mass is 9.79. The Morgan fingerprint density at radius 2 is 2.15 bits per heavy atom. The van der Waals surface area contributed by atoms with Crippen LogP contribution in [0, 0.1) is 0 Å². The Hall–Kier alpha value is -2.90. The van der Waals surface area contributed by atoms with Crippen LogP contribution in [0.15, 0.2) is 35.6 Å². The van der Waals surface area contributed by atoms with Crippen molar-refractivity contribution < 1.29 is 19.4 Å². The highest BCUT2D eigenvalue weighted by atomic mass is 16.5. The predicted octanol–water partition coefficient (Wildman–Crippen LogP) is 2.21. The number of hydrogen-bond acceptors (Lipinski definition) is 6. The summed E-state index contributed by atoms with van der Waals surface area (Å²) in [7, 11) is 1.26. The lowest BCUT2D eigenvalue weighted by Crippen LogP contribution is -2.51. The summed E-state index contributed by atoms with van der Waals surface area (Å²) < 4.78 is 6.39. The SMILES string of the molecule is CCCCNC(=O)C1(n2nnc3ccccc32)CCC(O)=C(C(=O)OC)C1. The number of aliphatic hydroxyl groups excluding tert-OH is 1. The maximum absolute atomic E-state index is 13.2. The van der Waals surface area contributed by atoms with Gasteiger partial charge in [-0.1, -0.05) is 30.7 Å². The third-order valence-corrected chi connectivity index (χ3v) is 5.02. The normalized spacial score (nSPS) is 19.9. The van der Waals surface area contributed by atoms with E-state index in [2.05, 4.69) is 15.6 Å². The summed E-state index contributed by atoms with van der Waals surface area (Å²) in [5, 5.41) is 21.6. The number of carbonyl (C=O) groups excluding carboxylic acids is 2. The van der Waals surface area contributed by atoms with Crippen molar-refractivity contribution in [2.24, 2.45) is 0 Å². The van der Waals surface area contributed by atoms with Crippen LogP contribution in [0.5, 0.6) is 0 Å². The number of fused-ring (bicyclic) bond motifs is 1. The number of rotatable bonds is 6. The van der Waals surface area contributed by atoms with Crippen molar-refractivity contribution in [3.05, 3.63) is 35.6 Å². The average Bonchev–Trinajstić information content (AvgIpc) is 3.13. The van der Waals surface area contributed by atoms with Gasteiger partial charge in [-0.15, -0.1) is 5.10 Å². The Bertz CT molecular complexity index is 889. The molecule has 1 atom stereocenters. The average molecular weight is 372 g/mol. The summed E-state index contributed by atoms with van der Waals surface area (Å²) in [4.78, 5) is 25.4. The molecule has 0 spiro atoms. The number of allylic oxidation sites excluding steroid dienone is 1. The smallest absolute Gasteiger partial charge is 0.337 e. The van der Waals surface area contributed by atoms with E-state index in [1.54, 1.807) is 4.68 Å². The van der Waals surface area contributed by atoms with Gasteiger partial charge in [-0.2, -0.15) is 0 Å². The minimum atomic E-state index is -1.15. The van der Waals surface area contributed by atoms with Crippen molar-refractivity contribution in [2.75, 3.05) is 13.7 Å². The quantitative estimate of drug-likeness (QED) is 0.595. The van der Waals surface area contributed by atoms with Crippen LogP contribution in [0.2, 0.25) is 0 Å². The fraction of sp³-hybridized carbons (Fsp3) is 0.474. The van der Waals surface area contributed by atoms with E-state index in [-0.39, 0.29) is 30.1 Å². The number of unbranched alkanes of at least 4 members (excludes halogenated alkanes) is 1. The van der Waals surface area contributed by atoms with Crippen molar-refractivity contribution in [3.63, 3.8) is 0 Å². The second-order valence-corrected chi connectivity index (χ2v) is 6.72. The molecule has 27 heavy (non-hydrogen) atoms. The molecule has 144 valence electrons. The standard InChI is InChI=1S/C19H24N4O4/c1-3-4-11-20-18(26)19(10-9-16(24)13(12-19)17(25)27-2)23-15-8-6-5-7-14(15)21-22-23/h5-8,24H,3-4,9-12H2,1-2H3,(H,20,26). The number of nitrogens with zero attached hydrogens (tertiary/aromatic N) is 3. The summed E-state index contributed by atoms with van der Waals surface area (Å²) in [6.45, 7) is 2.58. The number of methoxy groups -OCH3 is 1. The van der Waals surface area contributed by atoms with E-state index in [1.807, 2.05) is 31.2 Å². The highest BCUT2D eigenvalue weighted by Gasteiger charge is 2.47. The van der Waals surface area contributed by atoms with Gasteiger partial charge in [-0.05, 0) is 25.0 Å². The summed E-state index contributed by atoms with van der Waals surface area (Å²) >= 11 is 0. The second kappa shape index (κ2) is 7.77. The molecule has 2 N–H and O–H groups in total. The van der Waals surface area contributed by atoms with E-state index < -0.39 is 11.5 Å². The molecule has 0 fully saturated rings. The summed E-state index contributed by atoms with van der Waals surface area (Å²) in [5.74, 6) is -0.911. The third kappa shape index (κ3) is 3.39. The number of hydrogen-bond donors (Lipinski definition) is 2. The molecule has 3 rings (SSSR count). The number of para-hydroxylation sites is 1. The zero-order valence-electron chi connectivity index (χ0n) is 15.6. The van der Waals surface area contributed by atoms with Gasteiger partial charge in [0.15, 0.2) is 0 Å². The molecule has 1 aromatic heterocycles. The van der Waals surface area contributed by atoms with Crippen LogP contribution in [0.4, 0.5) is 0 Å². The van der Waals surface area contributed by atoms with E-state index in [4.69, 9.17) is 4.74 Å². The number of benzene rings is 1. The molecule has 0 saturated carbocycles. The van der Waals surface area contributed by atoms with Crippen LogP contribution in [0.3, 0.4) is 0 Å². The number of esters is 1. The monoisotopic (exact) mass is 372 g/mol. The topological polar surface area (TPSA) is 106 Å². The minimum Gasteiger partial charge on any atom is -0.512 e. The van der Waals surface area contributed by atoms with Crippen LogP contribution in [-0.2, 0) is 19.9 Å². The number of ether oxygens (including phenoxy) is 1. The zero-order valence-corrected chi connectivity index (χ0v) is 15.6. The van der Waals surface area contributed by atoms with Gasteiger partial charge >= 0.3 is 5.97 Å². The van der Waals surface area contributed by atoms with Gasteiger partial charge in [-0.3, -0.25) is 4.79 Å². The summed E-state index contributed by atoms with van der Waals surface area (Å²) in [5.41, 5.74) is 0.318. The molecule has 1 aliphatic rings. The lowest BCUT2D eigenvalue weighted by Gasteiger charge is -2.36. The Balaban J connectivity index is 2.08. The van der Waals surface area contributed by atoms with Crippen molar-refractivity contribution in [1.29, 1.82) is 0 Å². The first-order chi connectivity index (χ1) is 13.0. The highest BCUT2D eigenvalue weighted by molar-refractivity contribution is 5.93. The van der Waals surface area contributed by atoms with Gasteiger partial charge < -0.3 is 15.2 Å². The predicted molar refractivity (Wildman–Crippen MR) is 98.9 cm³/mol. The van der Waals surface area contributed by atoms with Gasteiger partial charge in [-0.25, -0.2) is 9.48 Å². The second-order valence-electron chi connectivity index (χ2n) is 6.72. The van der Waals surface area contributed by atoms with Crippen LogP contribution < -0.4 is 5.32 Å². The third-order valence-electron chi connectivity index (χ3n) is 5.02. The molecule has 1 aliphatic carbocycles. The number of aromatic nitrogens is 3. The molecule has 0 radical (unpaired) electrons. The fourth-order valence-corrected chi connectivity index (χ4v) is 3.47. The molecule has 8 heteroatoms. The number of nitrogens with one attached hydrogen (secondary N) is 1. The molecular formula is C19H24N4O4. The molecule has 1 heterocycles. The van der Waals surface area contributed by atoms with E-state index in [9.17, 15) is 14.7 Å². The molecule has 1 amide bonds. The molecule has 0 bridgehead atoms. The lowest BCUT2D eigenvalue weighted by molar-refractivity contribution is -0.138. The Morgan fingerprint density at radius 3 is 2.89 bits per heavy atom. The van der Waals surface area contributed by atoms with E-state index in [0.717, 1.165) is 12.8 Å². The van der Waals surface area contributed by atoms with Crippen LogP contribution in [0.25, 0.3) is 11.0 Å². The van der Waals surface area contributed by atoms with Gasteiger partial charge in [0.1, 0.15) is 16.8 Å². The first-order valence-electron chi connectivity index (χ1n) is 9.12. The summed E-state index contributed by atoms with van der Waals surface area (Å²) in [6, 6.07) is 7.36. The molecule has 0 aliphatic heterocycles. The molecule has 8 nitrogen and oxygen atoms in total. The van der Waals surface area contributed by atoms with Crippen LogP contribution in [-0.4, -0.2) is 45.6 Å². The Morgan fingerprint density at radius 1 is 1.37 bits per heavy atom. The van der Waals surface area contributed by atoms with Gasteiger partial charge in [0.2, 0.25) is 5.91 Å². The van der Waals surface area contributed by atoms with Crippen LogP contribution >= 0.6 is 0 Å². The largest absolute Gasteiger partial charge is 0.512 e. The van der Waals surface area contributed by atoms with Crippen molar-refractivity contribution in [1.82, 2.24) is 20.3 Å². The number of aliphatic hydroxyl groups is 1. The number of amides is 1. The number of carbonyl (C=O) groups is 2. The van der Waals surface area contributed by atoms with Crippen LogP contribution in [0.1, 0.15) is 39.0 Å². The first kappa shape index (κ1) is 18.9. The van der Waals surface area contributed by atoms with E-state index >= 15 is 0 Å². The van der Waals surface area contributed by atoms with Crippen molar-refractivity contribution in [2.45, 2.75) is 44.6 Å². The van der Waals surface area contributed by atoms with Gasteiger partial charge in [0.05, 0.1) is 18.2 Å². The fourth-order valence-electron chi connectivity index (χ4n) is 3.47. The van der Waals surface area contributed by atoms with Gasteiger partial charge in [0, 0.05) is 19.4 Å². The Kier molecular flexibility index (Phi) is 5.43. The highest BCUT2D eigenvalue weighted by Crippen LogP contribution is 2.39. The van der Waals surface area contributed by atoms with E-state index in [0.29, 0.717) is 24.0 Å². The minimum absolute atomic E-state index is 0.00316. The molecule has 1 unspecified atom stereocenters. The van der Waals surface area contributed by atoms with Gasteiger partial charge in [0.25, 0.3) is 0 Å². The maximum Gasteiger partial charge on any atom is 0.337 e.